The van der Waals surface area contributed by atoms with E-state index < -0.39 is 30.5 Å². The van der Waals surface area contributed by atoms with Crippen LogP contribution in [0.2, 0.25) is 0 Å². The highest BCUT2D eigenvalue weighted by atomic mass is 19.4. The second-order valence-corrected chi connectivity index (χ2v) is 5.82. The van der Waals surface area contributed by atoms with Crippen LogP contribution in [-0.2, 0) is 16.0 Å². The summed E-state index contributed by atoms with van der Waals surface area (Å²) in [5, 5.41) is 11.7. The zero-order chi connectivity index (χ0) is 19.9. The van der Waals surface area contributed by atoms with Crippen molar-refractivity contribution >= 4 is 11.9 Å². The van der Waals surface area contributed by atoms with Gasteiger partial charge in [-0.1, -0.05) is 42.5 Å². The van der Waals surface area contributed by atoms with Crippen LogP contribution in [0.3, 0.4) is 0 Å². The van der Waals surface area contributed by atoms with Crippen LogP contribution in [-0.4, -0.2) is 23.3 Å². The lowest BCUT2D eigenvalue weighted by Crippen LogP contribution is -2.30. The SMILES string of the molecule is O=C(O)CC(NC(=O)CCc1ccccc1)c1ccc(OC(F)(F)F)cc1. The summed E-state index contributed by atoms with van der Waals surface area (Å²) in [6, 6.07) is 13.2. The van der Waals surface area contributed by atoms with Crippen molar-refractivity contribution in [1.29, 1.82) is 0 Å². The molecule has 0 aliphatic carbocycles. The number of alkyl halides is 3. The number of carboxylic acid groups (broad SMARTS) is 1. The van der Waals surface area contributed by atoms with Crippen molar-refractivity contribution < 1.29 is 32.6 Å². The molecule has 0 heterocycles. The van der Waals surface area contributed by atoms with Crippen LogP contribution in [0, 0.1) is 0 Å². The molecule has 1 atom stereocenters. The lowest BCUT2D eigenvalue weighted by molar-refractivity contribution is -0.274. The molecule has 1 amide bonds. The van der Waals surface area contributed by atoms with E-state index in [0.29, 0.717) is 12.0 Å². The molecule has 0 bridgehead atoms. The number of aliphatic carboxylic acids is 1. The maximum absolute atomic E-state index is 12.2. The van der Waals surface area contributed by atoms with Crippen molar-refractivity contribution in [1.82, 2.24) is 5.32 Å². The highest BCUT2D eigenvalue weighted by Gasteiger charge is 2.31. The molecule has 0 radical (unpaired) electrons. The van der Waals surface area contributed by atoms with Gasteiger partial charge in [-0.15, -0.1) is 13.2 Å². The highest BCUT2D eigenvalue weighted by Crippen LogP contribution is 2.25. The van der Waals surface area contributed by atoms with Crippen molar-refractivity contribution in [2.24, 2.45) is 0 Å². The maximum atomic E-state index is 12.2. The molecule has 0 aromatic heterocycles. The summed E-state index contributed by atoms with van der Waals surface area (Å²) >= 11 is 0. The molecule has 2 aromatic rings. The van der Waals surface area contributed by atoms with Crippen molar-refractivity contribution in [2.45, 2.75) is 31.7 Å². The van der Waals surface area contributed by atoms with Gasteiger partial charge in [0.2, 0.25) is 5.91 Å². The Bertz CT molecular complexity index is 761. The standard InChI is InChI=1S/C19H18F3NO4/c20-19(21,22)27-15-9-7-14(8-10-15)16(12-18(25)26)23-17(24)11-6-13-4-2-1-3-5-13/h1-5,7-10,16H,6,11-12H2,(H,23,24)(H,25,26). The van der Waals surface area contributed by atoms with Crippen molar-refractivity contribution in [2.75, 3.05) is 0 Å². The van der Waals surface area contributed by atoms with Crippen LogP contribution in [0.25, 0.3) is 0 Å². The van der Waals surface area contributed by atoms with E-state index >= 15 is 0 Å². The fourth-order valence-electron chi connectivity index (χ4n) is 2.50. The lowest BCUT2D eigenvalue weighted by atomic mass is 10.0. The summed E-state index contributed by atoms with van der Waals surface area (Å²) in [7, 11) is 0. The van der Waals surface area contributed by atoms with Crippen molar-refractivity contribution in [3.8, 4) is 5.75 Å². The number of carbonyl (C=O) groups excluding carboxylic acids is 1. The second-order valence-electron chi connectivity index (χ2n) is 5.82. The smallest absolute Gasteiger partial charge is 0.481 e. The van der Waals surface area contributed by atoms with Crippen molar-refractivity contribution in [3.05, 3.63) is 65.7 Å². The van der Waals surface area contributed by atoms with Gasteiger partial charge in [0.25, 0.3) is 0 Å². The highest BCUT2D eigenvalue weighted by molar-refractivity contribution is 5.78. The first kappa shape index (κ1) is 20.3. The molecular weight excluding hydrogens is 363 g/mol. The third-order valence-electron chi connectivity index (χ3n) is 3.71. The summed E-state index contributed by atoms with van der Waals surface area (Å²) in [5.74, 6) is -1.91. The molecule has 5 nitrogen and oxygen atoms in total. The Hall–Kier alpha value is -3.03. The third-order valence-corrected chi connectivity index (χ3v) is 3.71. The van der Waals surface area contributed by atoms with Gasteiger partial charge >= 0.3 is 12.3 Å². The first-order valence-corrected chi connectivity index (χ1v) is 8.14. The quantitative estimate of drug-likeness (QED) is 0.728. The van der Waals surface area contributed by atoms with Gasteiger partial charge in [0.1, 0.15) is 5.75 Å². The van der Waals surface area contributed by atoms with Gasteiger partial charge in [-0.2, -0.15) is 0 Å². The zero-order valence-electron chi connectivity index (χ0n) is 14.2. The molecule has 0 saturated heterocycles. The Morgan fingerprint density at radius 2 is 1.67 bits per heavy atom. The van der Waals surface area contributed by atoms with Gasteiger partial charge in [0.05, 0.1) is 12.5 Å². The molecular formula is C19H18F3NO4. The molecule has 0 spiro atoms. The monoisotopic (exact) mass is 381 g/mol. The molecule has 0 saturated carbocycles. The molecule has 0 aliphatic heterocycles. The zero-order valence-corrected chi connectivity index (χ0v) is 14.2. The van der Waals surface area contributed by atoms with Crippen LogP contribution >= 0.6 is 0 Å². The summed E-state index contributed by atoms with van der Waals surface area (Å²) in [4.78, 5) is 23.2. The maximum Gasteiger partial charge on any atom is 0.573 e. The number of hydrogen-bond acceptors (Lipinski definition) is 3. The largest absolute Gasteiger partial charge is 0.573 e. The lowest BCUT2D eigenvalue weighted by Gasteiger charge is -2.18. The summed E-state index contributed by atoms with van der Waals surface area (Å²) in [5.41, 5.74) is 1.34. The molecule has 2 N–H and O–H groups in total. The van der Waals surface area contributed by atoms with E-state index in [1.165, 1.54) is 12.1 Å². The minimum absolute atomic E-state index is 0.162. The van der Waals surface area contributed by atoms with E-state index in [1.54, 1.807) is 0 Å². The number of hydrogen-bond donors (Lipinski definition) is 2. The number of benzene rings is 2. The van der Waals surface area contributed by atoms with E-state index in [-0.39, 0.29) is 12.3 Å². The summed E-state index contributed by atoms with van der Waals surface area (Å²) in [6.45, 7) is 0. The van der Waals surface area contributed by atoms with Crippen LogP contribution in [0.5, 0.6) is 5.75 Å². The number of rotatable bonds is 8. The predicted molar refractivity (Wildman–Crippen MR) is 91.0 cm³/mol. The summed E-state index contributed by atoms with van der Waals surface area (Å²) < 4.78 is 40.4. The van der Waals surface area contributed by atoms with E-state index in [1.807, 2.05) is 30.3 Å². The second kappa shape index (κ2) is 9.07. The first-order valence-electron chi connectivity index (χ1n) is 8.14. The Balaban J connectivity index is 2.01. The molecule has 2 aromatic carbocycles. The summed E-state index contributed by atoms with van der Waals surface area (Å²) in [6.07, 6.45) is -4.55. The number of carboxylic acids is 1. The van der Waals surface area contributed by atoms with E-state index in [9.17, 15) is 22.8 Å². The molecule has 2 rings (SSSR count). The fourth-order valence-corrected chi connectivity index (χ4v) is 2.50. The third kappa shape index (κ3) is 7.39. The number of halogens is 3. The minimum atomic E-state index is -4.81. The molecule has 0 fully saturated rings. The average molecular weight is 381 g/mol. The van der Waals surface area contributed by atoms with Crippen LogP contribution < -0.4 is 10.1 Å². The van der Waals surface area contributed by atoms with Crippen LogP contribution in [0.15, 0.2) is 54.6 Å². The molecule has 27 heavy (non-hydrogen) atoms. The first-order chi connectivity index (χ1) is 12.7. The molecule has 144 valence electrons. The Morgan fingerprint density at radius 3 is 2.22 bits per heavy atom. The van der Waals surface area contributed by atoms with Gasteiger partial charge < -0.3 is 15.2 Å². The topological polar surface area (TPSA) is 75.6 Å². The van der Waals surface area contributed by atoms with Gasteiger partial charge in [-0.3, -0.25) is 9.59 Å². The molecule has 0 aliphatic rings. The van der Waals surface area contributed by atoms with Crippen LogP contribution in [0.1, 0.15) is 30.0 Å². The number of ether oxygens (including phenoxy) is 1. The Kier molecular flexibility index (Phi) is 6.81. The normalized spacial score (nSPS) is 12.3. The van der Waals surface area contributed by atoms with Crippen LogP contribution in [0.4, 0.5) is 13.2 Å². The predicted octanol–water partition coefficient (Wildman–Crippen LogP) is 3.85. The Morgan fingerprint density at radius 1 is 1.04 bits per heavy atom. The van der Waals surface area contributed by atoms with E-state index in [2.05, 4.69) is 10.1 Å². The van der Waals surface area contributed by atoms with Gasteiger partial charge in [0.15, 0.2) is 0 Å². The fraction of sp³-hybridized carbons (Fsp3) is 0.263. The number of aryl methyl sites for hydroxylation is 1. The van der Waals surface area contributed by atoms with Gasteiger partial charge in [-0.05, 0) is 29.7 Å². The molecule has 8 heteroatoms. The van der Waals surface area contributed by atoms with E-state index in [0.717, 1.165) is 17.7 Å². The minimum Gasteiger partial charge on any atom is -0.481 e. The number of carbonyl (C=O) groups is 2. The van der Waals surface area contributed by atoms with E-state index in [4.69, 9.17) is 5.11 Å². The Labute approximate surface area is 153 Å². The average Bonchev–Trinajstić information content (AvgIpc) is 2.59. The van der Waals surface area contributed by atoms with Gasteiger partial charge in [0, 0.05) is 6.42 Å². The van der Waals surface area contributed by atoms with Gasteiger partial charge in [-0.25, -0.2) is 0 Å². The van der Waals surface area contributed by atoms with Crippen molar-refractivity contribution in [3.63, 3.8) is 0 Å². The molecule has 1 unspecified atom stereocenters. The number of nitrogens with one attached hydrogen (secondary N) is 1. The number of amides is 1.